The van der Waals surface area contributed by atoms with Gasteiger partial charge in [-0.25, -0.2) is 13.8 Å². The zero-order valence-corrected chi connectivity index (χ0v) is 9.69. The Balaban J connectivity index is 2.54. The Bertz CT molecular complexity index is 567. The van der Waals surface area contributed by atoms with Gasteiger partial charge in [-0.2, -0.15) is 0 Å². The van der Waals surface area contributed by atoms with E-state index in [2.05, 4.69) is 4.98 Å². The maximum Gasteiger partial charge on any atom is 0.132 e. The zero-order valence-electron chi connectivity index (χ0n) is 9.69. The van der Waals surface area contributed by atoms with Crippen LogP contribution in [0.5, 0.6) is 0 Å². The molecule has 0 saturated carbocycles. The number of hydrogen-bond donors (Lipinski definition) is 2. The summed E-state index contributed by atoms with van der Waals surface area (Å²) in [5, 5.41) is 10.1. The number of benzene rings is 1. The number of rotatable bonds is 2. The molecular formula is C13H12F2N2O. The van der Waals surface area contributed by atoms with Crippen molar-refractivity contribution in [1.29, 1.82) is 0 Å². The van der Waals surface area contributed by atoms with Crippen LogP contribution in [0.25, 0.3) is 0 Å². The van der Waals surface area contributed by atoms with E-state index in [9.17, 15) is 13.9 Å². The molecule has 0 fully saturated rings. The standard InChI is InChI=1S/C13H12F2N2O/c1-7-5-8(13(16)17-6-7)12(18)11-9(14)3-2-4-10(11)15/h2-6,12,18H,1H3,(H2,16,17). The van der Waals surface area contributed by atoms with Crippen molar-refractivity contribution in [3.8, 4) is 0 Å². The summed E-state index contributed by atoms with van der Waals surface area (Å²) >= 11 is 0. The Morgan fingerprint density at radius 2 is 1.89 bits per heavy atom. The summed E-state index contributed by atoms with van der Waals surface area (Å²) in [6.07, 6.45) is 0.0436. The maximum atomic E-state index is 13.6. The third-order valence-electron chi connectivity index (χ3n) is 2.65. The molecule has 5 heteroatoms. The Morgan fingerprint density at radius 3 is 2.50 bits per heavy atom. The van der Waals surface area contributed by atoms with Crippen molar-refractivity contribution >= 4 is 5.82 Å². The molecule has 2 rings (SSSR count). The summed E-state index contributed by atoms with van der Waals surface area (Å²) in [7, 11) is 0. The van der Waals surface area contributed by atoms with E-state index in [4.69, 9.17) is 5.73 Å². The lowest BCUT2D eigenvalue weighted by Crippen LogP contribution is -2.09. The first kappa shape index (κ1) is 12.4. The van der Waals surface area contributed by atoms with E-state index in [1.165, 1.54) is 12.3 Å². The Morgan fingerprint density at radius 1 is 1.28 bits per heavy atom. The molecule has 0 spiro atoms. The number of nitrogen functional groups attached to an aromatic ring is 1. The molecule has 1 unspecified atom stereocenters. The monoisotopic (exact) mass is 250 g/mol. The van der Waals surface area contributed by atoms with E-state index in [0.29, 0.717) is 0 Å². The van der Waals surface area contributed by atoms with Crippen LogP contribution in [0, 0.1) is 18.6 Å². The first-order chi connectivity index (χ1) is 8.50. The molecule has 0 bridgehead atoms. The summed E-state index contributed by atoms with van der Waals surface area (Å²) in [6, 6.07) is 4.96. The molecule has 1 aromatic carbocycles. The zero-order chi connectivity index (χ0) is 13.3. The highest BCUT2D eigenvalue weighted by atomic mass is 19.1. The minimum absolute atomic E-state index is 0.0516. The van der Waals surface area contributed by atoms with E-state index >= 15 is 0 Å². The Labute approximate surface area is 103 Å². The van der Waals surface area contributed by atoms with Gasteiger partial charge in [0.25, 0.3) is 0 Å². The van der Waals surface area contributed by atoms with Crippen LogP contribution in [-0.2, 0) is 0 Å². The van der Waals surface area contributed by atoms with Crippen molar-refractivity contribution in [3.05, 3.63) is 58.8 Å². The number of aryl methyl sites for hydroxylation is 1. The highest BCUT2D eigenvalue weighted by molar-refractivity contribution is 5.46. The lowest BCUT2D eigenvalue weighted by atomic mass is 10.00. The van der Waals surface area contributed by atoms with Gasteiger partial charge in [0.2, 0.25) is 0 Å². The van der Waals surface area contributed by atoms with Gasteiger partial charge in [0, 0.05) is 11.8 Å². The third-order valence-corrected chi connectivity index (χ3v) is 2.65. The van der Waals surface area contributed by atoms with Gasteiger partial charge >= 0.3 is 0 Å². The van der Waals surface area contributed by atoms with Crippen molar-refractivity contribution in [2.24, 2.45) is 0 Å². The summed E-state index contributed by atoms with van der Waals surface area (Å²) in [4.78, 5) is 3.86. The van der Waals surface area contributed by atoms with Crippen LogP contribution in [0.4, 0.5) is 14.6 Å². The molecule has 0 aliphatic carbocycles. The predicted octanol–water partition coefficient (Wildman–Crippen LogP) is 2.33. The minimum atomic E-state index is -1.47. The fraction of sp³-hybridized carbons (Fsp3) is 0.154. The van der Waals surface area contributed by atoms with Crippen LogP contribution >= 0.6 is 0 Å². The quantitative estimate of drug-likeness (QED) is 0.860. The number of hydrogen-bond acceptors (Lipinski definition) is 3. The smallest absolute Gasteiger partial charge is 0.132 e. The summed E-state index contributed by atoms with van der Waals surface area (Å²) in [5.74, 6) is -1.58. The molecule has 3 nitrogen and oxygen atoms in total. The van der Waals surface area contributed by atoms with Crippen molar-refractivity contribution in [3.63, 3.8) is 0 Å². The average Bonchev–Trinajstić information content (AvgIpc) is 2.32. The van der Waals surface area contributed by atoms with Crippen molar-refractivity contribution in [2.75, 3.05) is 5.73 Å². The molecule has 0 saturated heterocycles. The molecule has 94 valence electrons. The number of aromatic nitrogens is 1. The van der Waals surface area contributed by atoms with Crippen LogP contribution in [0.1, 0.15) is 22.8 Å². The fourth-order valence-electron chi connectivity index (χ4n) is 1.75. The van der Waals surface area contributed by atoms with Crippen molar-refractivity contribution < 1.29 is 13.9 Å². The molecule has 1 aromatic heterocycles. The largest absolute Gasteiger partial charge is 0.383 e. The molecule has 0 radical (unpaired) electrons. The second-order valence-corrected chi connectivity index (χ2v) is 4.03. The van der Waals surface area contributed by atoms with E-state index in [0.717, 1.165) is 17.7 Å². The van der Waals surface area contributed by atoms with Crippen LogP contribution in [0.3, 0.4) is 0 Å². The highest BCUT2D eigenvalue weighted by Gasteiger charge is 2.21. The highest BCUT2D eigenvalue weighted by Crippen LogP contribution is 2.29. The average molecular weight is 250 g/mol. The van der Waals surface area contributed by atoms with Crippen molar-refractivity contribution in [1.82, 2.24) is 4.98 Å². The molecular weight excluding hydrogens is 238 g/mol. The van der Waals surface area contributed by atoms with E-state index in [1.807, 2.05) is 0 Å². The van der Waals surface area contributed by atoms with Gasteiger partial charge in [0.1, 0.15) is 23.6 Å². The maximum absolute atomic E-state index is 13.6. The molecule has 0 aliphatic heterocycles. The number of anilines is 1. The van der Waals surface area contributed by atoms with Crippen LogP contribution < -0.4 is 5.73 Å². The number of nitrogens with zero attached hydrogens (tertiary/aromatic N) is 1. The normalized spacial score (nSPS) is 12.4. The second kappa shape index (κ2) is 4.70. The fourth-order valence-corrected chi connectivity index (χ4v) is 1.75. The predicted molar refractivity (Wildman–Crippen MR) is 63.8 cm³/mol. The van der Waals surface area contributed by atoms with Gasteiger partial charge in [-0.15, -0.1) is 0 Å². The number of halogens is 2. The van der Waals surface area contributed by atoms with Gasteiger partial charge in [-0.1, -0.05) is 6.07 Å². The molecule has 18 heavy (non-hydrogen) atoms. The Hall–Kier alpha value is -2.01. The summed E-state index contributed by atoms with van der Waals surface area (Å²) in [5.41, 5.74) is 6.13. The lowest BCUT2D eigenvalue weighted by molar-refractivity contribution is 0.209. The van der Waals surface area contributed by atoms with Crippen LogP contribution in [0.15, 0.2) is 30.5 Å². The van der Waals surface area contributed by atoms with E-state index in [1.54, 1.807) is 13.0 Å². The van der Waals surface area contributed by atoms with Crippen LogP contribution in [-0.4, -0.2) is 10.1 Å². The number of aliphatic hydroxyl groups excluding tert-OH is 1. The van der Waals surface area contributed by atoms with E-state index in [-0.39, 0.29) is 11.4 Å². The third kappa shape index (κ3) is 2.17. The van der Waals surface area contributed by atoms with Crippen LogP contribution in [0.2, 0.25) is 0 Å². The first-order valence-electron chi connectivity index (χ1n) is 5.34. The lowest BCUT2D eigenvalue weighted by Gasteiger charge is -2.15. The SMILES string of the molecule is Cc1cnc(N)c(C(O)c2c(F)cccc2F)c1. The van der Waals surface area contributed by atoms with E-state index < -0.39 is 23.3 Å². The molecule has 1 heterocycles. The molecule has 0 aliphatic rings. The first-order valence-corrected chi connectivity index (χ1v) is 5.34. The Kier molecular flexibility index (Phi) is 3.25. The van der Waals surface area contributed by atoms with Gasteiger partial charge in [0.05, 0.1) is 5.56 Å². The van der Waals surface area contributed by atoms with Gasteiger partial charge in [0.15, 0.2) is 0 Å². The van der Waals surface area contributed by atoms with Gasteiger partial charge in [-0.05, 0) is 30.7 Å². The second-order valence-electron chi connectivity index (χ2n) is 4.03. The van der Waals surface area contributed by atoms with Gasteiger partial charge in [-0.3, -0.25) is 0 Å². The molecule has 2 aromatic rings. The molecule has 1 atom stereocenters. The van der Waals surface area contributed by atoms with Gasteiger partial charge < -0.3 is 10.8 Å². The van der Waals surface area contributed by atoms with Crippen molar-refractivity contribution in [2.45, 2.75) is 13.0 Å². The minimum Gasteiger partial charge on any atom is -0.383 e. The molecule has 0 amide bonds. The summed E-state index contributed by atoms with van der Waals surface area (Å²) < 4.78 is 27.1. The number of nitrogens with two attached hydrogens (primary N) is 1. The molecule has 3 N–H and O–H groups in total. The topological polar surface area (TPSA) is 59.1 Å². The number of aliphatic hydroxyl groups is 1. The number of pyridine rings is 1. The summed E-state index contributed by atoms with van der Waals surface area (Å²) in [6.45, 7) is 1.75.